The van der Waals surface area contributed by atoms with Crippen LogP contribution in [0.15, 0.2) is 12.2 Å². The fourth-order valence-electron chi connectivity index (χ4n) is 1.70. The second-order valence-electron chi connectivity index (χ2n) is 5.48. The van der Waals surface area contributed by atoms with Crippen molar-refractivity contribution in [2.45, 2.75) is 46.6 Å². The molecule has 0 radical (unpaired) electrons. The van der Waals surface area contributed by atoms with Gasteiger partial charge in [-0.25, -0.2) is 4.79 Å². The predicted octanol–water partition coefficient (Wildman–Crippen LogP) is 2.71. The highest BCUT2D eigenvalue weighted by atomic mass is 16.2. The van der Waals surface area contributed by atoms with Gasteiger partial charge in [-0.15, -0.1) is 0 Å². The maximum absolute atomic E-state index is 11.9. The molecule has 0 aliphatic rings. The minimum absolute atomic E-state index is 0.0164. The minimum atomic E-state index is 0.0164. The van der Waals surface area contributed by atoms with Crippen molar-refractivity contribution < 1.29 is 4.79 Å². The van der Waals surface area contributed by atoms with Gasteiger partial charge in [0, 0.05) is 25.7 Å². The van der Waals surface area contributed by atoms with E-state index in [4.69, 9.17) is 0 Å². The maximum atomic E-state index is 11.9. The number of hydrogen-bond acceptors (Lipinski definition) is 2. The van der Waals surface area contributed by atoms with Crippen molar-refractivity contribution in [1.82, 2.24) is 15.1 Å². The molecule has 4 heteroatoms. The van der Waals surface area contributed by atoms with Gasteiger partial charge in [0.1, 0.15) is 0 Å². The summed E-state index contributed by atoms with van der Waals surface area (Å²) in [6.07, 6.45) is 2.13. The Hall–Kier alpha value is -1.03. The third-order valence-corrected chi connectivity index (χ3v) is 3.23. The average Bonchev–Trinajstić information content (AvgIpc) is 2.34. The standard InChI is InChI=1S/C15H31N3O/c1-7-18(12-13(2)3)15(19)16-10-8-9-11-17(6)14(4)5/h14H,2,7-12H2,1,3-6H3,(H,16,19). The van der Waals surface area contributed by atoms with E-state index in [1.165, 1.54) is 0 Å². The molecule has 0 aliphatic heterocycles. The first-order valence-corrected chi connectivity index (χ1v) is 7.25. The van der Waals surface area contributed by atoms with Gasteiger partial charge in [0.05, 0.1) is 0 Å². The number of unbranched alkanes of at least 4 members (excludes halogenated alkanes) is 1. The maximum Gasteiger partial charge on any atom is 0.317 e. The van der Waals surface area contributed by atoms with Crippen LogP contribution in [0.4, 0.5) is 4.79 Å². The summed E-state index contributed by atoms with van der Waals surface area (Å²) >= 11 is 0. The fourth-order valence-corrected chi connectivity index (χ4v) is 1.70. The number of amides is 2. The molecule has 4 nitrogen and oxygen atoms in total. The summed E-state index contributed by atoms with van der Waals surface area (Å²) < 4.78 is 0. The average molecular weight is 269 g/mol. The second-order valence-corrected chi connectivity index (χ2v) is 5.48. The Kier molecular flexibility index (Phi) is 9.31. The molecule has 19 heavy (non-hydrogen) atoms. The molecule has 0 aromatic rings. The number of carbonyl (C=O) groups excluding carboxylic acids is 1. The molecule has 0 spiro atoms. The van der Waals surface area contributed by atoms with Crippen LogP contribution in [0.25, 0.3) is 0 Å². The molecule has 0 saturated carbocycles. The summed E-state index contributed by atoms with van der Waals surface area (Å²) in [6.45, 7) is 15.3. The number of hydrogen-bond donors (Lipinski definition) is 1. The predicted molar refractivity (Wildman–Crippen MR) is 82.5 cm³/mol. The molecule has 0 bridgehead atoms. The monoisotopic (exact) mass is 269 g/mol. The van der Waals surface area contributed by atoms with Crippen molar-refractivity contribution in [3.8, 4) is 0 Å². The van der Waals surface area contributed by atoms with Crippen LogP contribution >= 0.6 is 0 Å². The Labute approximate surface area is 118 Å². The summed E-state index contributed by atoms with van der Waals surface area (Å²) in [5, 5.41) is 2.97. The number of carbonyl (C=O) groups is 1. The van der Waals surface area contributed by atoms with Crippen molar-refractivity contribution in [1.29, 1.82) is 0 Å². The van der Waals surface area contributed by atoms with Crippen LogP contribution in [0.1, 0.15) is 40.5 Å². The molecule has 0 rings (SSSR count). The van der Waals surface area contributed by atoms with E-state index in [1.54, 1.807) is 4.90 Å². The lowest BCUT2D eigenvalue weighted by Crippen LogP contribution is -2.41. The van der Waals surface area contributed by atoms with Gasteiger partial charge in [0.25, 0.3) is 0 Å². The Morgan fingerprint density at radius 2 is 1.95 bits per heavy atom. The molecule has 0 fully saturated rings. The zero-order chi connectivity index (χ0) is 14.8. The van der Waals surface area contributed by atoms with Crippen LogP contribution in [0, 0.1) is 0 Å². The number of likely N-dealkylation sites (N-methyl/N-ethyl adjacent to an activating group) is 1. The zero-order valence-electron chi connectivity index (χ0n) is 13.3. The number of rotatable bonds is 9. The SMILES string of the molecule is C=C(C)CN(CC)C(=O)NCCCCN(C)C(C)C. The van der Waals surface area contributed by atoms with Crippen molar-refractivity contribution in [3.05, 3.63) is 12.2 Å². The van der Waals surface area contributed by atoms with Gasteiger partial charge in [-0.05, 0) is 54.1 Å². The Morgan fingerprint density at radius 1 is 1.32 bits per heavy atom. The topological polar surface area (TPSA) is 35.6 Å². The van der Waals surface area contributed by atoms with Crippen molar-refractivity contribution in [2.75, 3.05) is 33.2 Å². The normalized spacial score (nSPS) is 10.9. The Morgan fingerprint density at radius 3 is 2.42 bits per heavy atom. The van der Waals surface area contributed by atoms with Gasteiger partial charge in [0.2, 0.25) is 0 Å². The minimum Gasteiger partial charge on any atom is -0.338 e. The van der Waals surface area contributed by atoms with E-state index in [0.29, 0.717) is 12.6 Å². The Bertz CT molecular complexity index is 277. The molecule has 0 atom stereocenters. The molecule has 0 aromatic carbocycles. The molecule has 2 amide bonds. The summed E-state index contributed by atoms with van der Waals surface area (Å²) in [5.41, 5.74) is 1.01. The molecule has 1 N–H and O–H groups in total. The summed E-state index contributed by atoms with van der Waals surface area (Å²) in [4.78, 5) is 16.0. The largest absolute Gasteiger partial charge is 0.338 e. The lowest BCUT2D eigenvalue weighted by atomic mass is 10.2. The van der Waals surface area contributed by atoms with E-state index in [2.05, 4.69) is 37.7 Å². The fraction of sp³-hybridized carbons (Fsp3) is 0.800. The molecule has 0 unspecified atom stereocenters. The van der Waals surface area contributed by atoms with Crippen molar-refractivity contribution in [3.63, 3.8) is 0 Å². The van der Waals surface area contributed by atoms with Crippen LogP contribution in [0.2, 0.25) is 0 Å². The van der Waals surface area contributed by atoms with E-state index in [-0.39, 0.29) is 6.03 Å². The molecule has 0 heterocycles. The van der Waals surface area contributed by atoms with E-state index in [9.17, 15) is 4.79 Å². The van der Waals surface area contributed by atoms with E-state index >= 15 is 0 Å². The third-order valence-electron chi connectivity index (χ3n) is 3.23. The zero-order valence-corrected chi connectivity index (χ0v) is 13.3. The van der Waals surface area contributed by atoms with E-state index in [0.717, 1.165) is 38.0 Å². The first-order chi connectivity index (χ1) is 8.88. The van der Waals surface area contributed by atoms with Crippen LogP contribution in [0.3, 0.4) is 0 Å². The molecule has 0 aliphatic carbocycles. The van der Waals surface area contributed by atoms with Crippen LogP contribution in [-0.4, -0.2) is 55.1 Å². The second kappa shape index (κ2) is 9.84. The first-order valence-electron chi connectivity index (χ1n) is 7.25. The molecular formula is C15H31N3O. The molecule has 0 saturated heterocycles. The number of nitrogens with one attached hydrogen (secondary N) is 1. The van der Waals surface area contributed by atoms with Crippen molar-refractivity contribution >= 4 is 6.03 Å². The Balaban J connectivity index is 3.75. The van der Waals surface area contributed by atoms with Crippen LogP contribution in [-0.2, 0) is 0 Å². The molecular weight excluding hydrogens is 238 g/mol. The highest BCUT2D eigenvalue weighted by molar-refractivity contribution is 5.74. The van der Waals surface area contributed by atoms with Gasteiger partial charge >= 0.3 is 6.03 Å². The quantitative estimate of drug-likeness (QED) is 0.516. The van der Waals surface area contributed by atoms with Crippen molar-refractivity contribution in [2.24, 2.45) is 0 Å². The van der Waals surface area contributed by atoms with Gasteiger partial charge in [-0.2, -0.15) is 0 Å². The van der Waals surface area contributed by atoms with Crippen LogP contribution in [0.5, 0.6) is 0 Å². The summed E-state index contributed by atoms with van der Waals surface area (Å²) in [5.74, 6) is 0. The molecule has 0 aromatic heterocycles. The molecule has 112 valence electrons. The van der Waals surface area contributed by atoms with Crippen LogP contribution < -0.4 is 5.32 Å². The van der Waals surface area contributed by atoms with Gasteiger partial charge in [-0.3, -0.25) is 0 Å². The van der Waals surface area contributed by atoms with Gasteiger partial charge in [-0.1, -0.05) is 12.2 Å². The lowest BCUT2D eigenvalue weighted by Gasteiger charge is -2.22. The van der Waals surface area contributed by atoms with E-state index in [1.807, 2.05) is 13.8 Å². The number of nitrogens with zero attached hydrogens (tertiary/aromatic N) is 2. The van der Waals surface area contributed by atoms with E-state index < -0.39 is 0 Å². The lowest BCUT2D eigenvalue weighted by molar-refractivity contribution is 0.204. The smallest absolute Gasteiger partial charge is 0.317 e. The third kappa shape index (κ3) is 8.65. The first kappa shape index (κ1) is 18.0. The number of urea groups is 1. The van der Waals surface area contributed by atoms with Gasteiger partial charge < -0.3 is 15.1 Å². The summed E-state index contributed by atoms with van der Waals surface area (Å²) in [6, 6.07) is 0.600. The van der Waals surface area contributed by atoms with Gasteiger partial charge in [0.15, 0.2) is 0 Å². The highest BCUT2D eigenvalue weighted by Gasteiger charge is 2.10. The highest BCUT2D eigenvalue weighted by Crippen LogP contribution is 1.99. The summed E-state index contributed by atoms with van der Waals surface area (Å²) in [7, 11) is 2.13.